The predicted molar refractivity (Wildman–Crippen MR) is 134 cm³/mol. The van der Waals surface area contributed by atoms with E-state index in [1.165, 1.54) is 12.1 Å². The third-order valence-corrected chi connectivity index (χ3v) is 6.76. The van der Waals surface area contributed by atoms with Crippen LogP contribution in [0.5, 0.6) is 5.75 Å². The zero-order chi connectivity index (χ0) is 35.3. The lowest BCUT2D eigenvalue weighted by atomic mass is 9.84. The van der Waals surface area contributed by atoms with Gasteiger partial charge in [0.1, 0.15) is 22.5 Å². The van der Waals surface area contributed by atoms with E-state index >= 15 is 0 Å². The Bertz CT molecular complexity index is 1550. The van der Waals surface area contributed by atoms with Crippen molar-refractivity contribution in [2.75, 3.05) is 6.61 Å². The highest BCUT2D eigenvalue weighted by atomic mass is 19.4. The number of fused-ring (bicyclic) bond motifs is 1. The molecule has 0 aliphatic carbocycles. The minimum absolute atomic E-state index is 0.0719. The minimum atomic E-state index is -8.00. The van der Waals surface area contributed by atoms with Crippen LogP contribution in [0.4, 0.5) is 57.1 Å². The van der Waals surface area contributed by atoms with Crippen LogP contribution < -0.4 is 0 Å². The molecule has 256 valence electrons. The summed E-state index contributed by atoms with van der Waals surface area (Å²) in [5.41, 5.74) is 0.979. The van der Waals surface area contributed by atoms with Gasteiger partial charge in [0.15, 0.2) is 0 Å². The van der Waals surface area contributed by atoms with Crippen molar-refractivity contribution < 1.29 is 71.7 Å². The first-order chi connectivity index (χ1) is 20.7. The summed E-state index contributed by atoms with van der Waals surface area (Å²) in [6.07, 6.45) is -11.1. The second kappa shape index (κ2) is 11.8. The van der Waals surface area contributed by atoms with E-state index in [4.69, 9.17) is 0 Å². The second-order valence-electron chi connectivity index (χ2n) is 11.2. The summed E-state index contributed by atoms with van der Waals surface area (Å²) < 4.78 is 177. The Balaban J connectivity index is 1.74. The molecule has 0 spiro atoms. The number of halogens is 13. The molecule has 0 amide bonds. The summed E-state index contributed by atoms with van der Waals surface area (Å²) in [6, 6.07) is 9.50. The molecule has 0 bridgehead atoms. The first-order valence-corrected chi connectivity index (χ1v) is 13.0. The number of aromatic hydroxyl groups is 1. The fourth-order valence-electron chi connectivity index (χ4n) is 4.08. The highest BCUT2D eigenvalue weighted by molar-refractivity contribution is 5.74. The molecular weight excluding hydrogens is 661 g/mol. The lowest BCUT2D eigenvalue weighted by Gasteiger charge is -2.39. The number of hydrogen-bond donors (Lipinski definition) is 1. The largest absolute Gasteiger partial charge is 0.505 e. The van der Waals surface area contributed by atoms with E-state index < -0.39 is 66.6 Å². The molecule has 0 aliphatic heterocycles. The predicted octanol–water partition coefficient (Wildman–Crippen LogP) is 8.03. The molecular formula is C27H24F13N3O3. The Labute approximate surface area is 251 Å². The zero-order valence-electron chi connectivity index (χ0n) is 23.8. The summed E-state index contributed by atoms with van der Waals surface area (Å²) in [5.74, 6) is -39.2. The van der Waals surface area contributed by atoms with Crippen molar-refractivity contribution in [2.24, 2.45) is 0 Å². The average molecular weight is 685 g/mol. The summed E-state index contributed by atoms with van der Waals surface area (Å²) in [4.78, 5) is 13.3. The third kappa shape index (κ3) is 6.41. The fourth-order valence-corrected chi connectivity index (χ4v) is 4.08. The molecule has 0 radical (unpaired) electrons. The standard InChI is InChI=1S/C27H24F13N3O3/c1-21(2,3)15-12-14(13-18(20(15)45)43-41-16-6-4-5-7-17(16)42-43)8-9-19(44)46-11-10-22(28,29)23(30,31)24(32,33)25(34,35)26(36,37)27(38,39)40/h4-7,12-13,45H,8-11H2,1-3H3. The van der Waals surface area contributed by atoms with Crippen LogP contribution in [0.15, 0.2) is 36.4 Å². The fraction of sp³-hybridized carbons (Fsp3) is 0.519. The molecule has 0 aliphatic rings. The van der Waals surface area contributed by atoms with Crippen LogP contribution in [0.25, 0.3) is 16.7 Å². The number of hydrogen-bond acceptors (Lipinski definition) is 5. The lowest BCUT2D eigenvalue weighted by molar-refractivity contribution is -0.440. The Morgan fingerprint density at radius 1 is 0.783 bits per heavy atom. The van der Waals surface area contributed by atoms with Crippen molar-refractivity contribution >= 4 is 17.0 Å². The molecule has 19 heteroatoms. The van der Waals surface area contributed by atoms with E-state index in [0.29, 0.717) is 22.2 Å². The quantitative estimate of drug-likeness (QED) is 0.164. The van der Waals surface area contributed by atoms with Crippen LogP contribution in [-0.4, -0.2) is 68.5 Å². The van der Waals surface area contributed by atoms with Gasteiger partial charge in [0, 0.05) is 12.0 Å². The average Bonchev–Trinajstić information content (AvgIpc) is 3.34. The van der Waals surface area contributed by atoms with Gasteiger partial charge in [-0.15, -0.1) is 15.0 Å². The number of carbonyl (C=O) groups is 1. The Kier molecular flexibility index (Phi) is 9.38. The molecule has 0 saturated heterocycles. The summed E-state index contributed by atoms with van der Waals surface area (Å²) >= 11 is 0. The molecule has 0 atom stereocenters. The SMILES string of the molecule is CC(C)(C)c1cc(CCC(=O)OCCC(F)(F)C(F)(F)C(F)(F)C(F)(F)C(F)(F)C(F)(F)F)cc(-n2nc3ccccc3n2)c1O. The highest BCUT2D eigenvalue weighted by Gasteiger charge is 2.90. The van der Waals surface area contributed by atoms with Crippen molar-refractivity contribution in [3.63, 3.8) is 0 Å². The highest BCUT2D eigenvalue weighted by Crippen LogP contribution is 2.60. The van der Waals surface area contributed by atoms with Gasteiger partial charge in [0.2, 0.25) is 0 Å². The van der Waals surface area contributed by atoms with Gasteiger partial charge in [-0.3, -0.25) is 4.79 Å². The minimum Gasteiger partial charge on any atom is -0.505 e. The molecule has 3 aromatic rings. The Morgan fingerprint density at radius 2 is 1.28 bits per heavy atom. The lowest BCUT2D eigenvalue weighted by Crippen LogP contribution is -2.70. The van der Waals surface area contributed by atoms with E-state index in [1.54, 1.807) is 45.0 Å². The van der Waals surface area contributed by atoms with Crippen molar-refractivity contribution in [3.8, 4) is 11.4 Å². The van der Waals surface area contributed by atoms with Crippen LogP contribution in [0, 0.1) is 0 Å². The molecule has 46 heavy (non-hydrogen) atoms. The van der Waals surface area contributed by atoms with Gasteiger partial charge in [-0.2, -0.15) is 57.1 Å². The number of carbonyl (C=O) groups excluding carboxylic acids is 1. The van der Waals surface area contributed by atoms with Gasteiger partial charge in [-0.05, 0) is 35.6 Å². The maximum Gasteiger partial charge on any atom is 0.460 e. The number of alkyl halides is 13. The number of phenolic OH excluding ortho intramolecular Hbond substituents is 1. The van der Waals surface area contributed by atoms with E-state index in [1.807, 2.05) is 0 Å². The first kappa shape index (κ1) is 36.7. The topological polar surface area (TPSA) is 77.2 Å². The number of rotatable bonds is 11. The van der Waals surface area contributed by atoms with Crippen LogP contribution >= 0.6 is 0 Å². The van der Waals surface area contributed by atoms with Crippen LogP contribution in [0.2, 0.25) is 0 Å². The maximum atomic E-state index is 14.0. The van der Waals surface area contributed by atoms with E-state index in [0.717, 1.165) is 4.80 Å². The van der Waals surface area contributed by atoms with Gasteiger partial charge < -0.3 is 9.84 Å². The molecule has 0 fully saturated rings. The van der Waals surface area contributed by atoms with Gasteiger partial charge in [-0.25, -0.2) is 0 Å². The molecule has 0 saturated carbocycles. The van der Waals surface area contributed by atoms with Crippen molar-refractivity contribution in [1.82, 2.24) is 15.0 Å². The molecule has 3 rings (SSSR count). The number of ether oxygens (including phenoxy) is 1. The van der Waals surface area contributed by atoms with Crippen molar-refractivity contribution in [1.29, 1.82) is 0 Å². The number of esters is 1. The smallest absolute Gasteiger partial charge is 0.460 e. The Morgan fingerprint density at radius 3 is 1.76 bits per heavy atom. The normalized spacial score (nSPS) is 14.2. The van der Waals surface area contributed by atoms with Crippen LogP contribution in [0.3, 0.4) is 0 Å². The maximum absolute atomic E-state index is 14.0. The van der Waals surface area contributed by atoms with Crippen LogP contribution in [-0.2, 0) is 21.4 Å². The van der Waals surface area contributed by atoms with Crippen LogP contribution in [0.1, 0.15) is 44.7 Å². The van der Waals surface area contributed by atoms with E-state index in [2.05, 4.69) is 14.9 Å². The van der Waals surface area contributed by atoms with Gasteiger partial charge in [0.05, 0.1) is 13.0 Å². The van der Waals surface area contributed by atoms with Gasteiger partial charge in [-0.1, -0.05) is 39.0 Å². The van der Waals surface area contributed by atoms with E-state index in [-0.39, 0.29) is 17.9 Å². The van der Waals surface area contributed by atoms with Crippen molar-refractivity contribution in [2.45, 2.75) is 81.2 Å². The molecule has 1 heterocycles. The van der Waals surface area contributed by atoms with E-state index in [9.17, 15) is 67.0 Å². The molecule has 6 nitrogen and oxygen atoms in total. The Hall–Kier alpha value is -3.80. The molecule has 1 aromatic heterocycles. The second-order valence-corrected chi connectivity index (χ2v) is 11.2. The molecule has 1 N–H and O–H groups in total. The van der Waals surface area contributed by atoms with Gasteiger partial charge >= 0.3 is 41.8 Å². The molecule has 2 aromatic carbocycles. The number of nitrogens with zero attached hydrogens (tertiary/aromatic N) is 3. The number of benzene rings is 2. The number of phenols is 1. The molecule has 0 unspecified atom stereocenters. The monoisotopic (exact) mass is 685 g/mol. The van der Waals surface area contributed by atoms with Gasteiger partial charge in [0.25, 0.3) is 0 Å². The number of aromatic nitrogens is 3. The zero-order valence-corrected chi connectivity index (χ0v) is 23.8. The number of aryl methyl sites for hydroxylation is 1. The summed E-state index contributed by atoms with van der Waals surface area (Å²) in [5, 5.41) is 19.5. The third-order valence-electron chi connectivity index (χ3n) is 6.76. The van der Waals surface area contributed by atoms with Crippen molar-refractivity contribution in [3.05, 3.63) is 47.5 Å². The first-order valence-electron chi connectivity index (χ1n) is 13.0. The summed E-state index contributed by atoms with van der Waals surface area (Å²) in [7, 11) is 0. The summed E-state index contributed by atoms with van der Waals surface area (Å²) in [6.45, 7) is 3.36.